The van der Waals surface area contributed by atoms with E-state index in [2.05, 4.69) is 25.2 Å². The van der Waals surface area contributed by atoms with E-state index >= 15 is 0 Å². The van der Waals surface area contributed by atoms with Crippen molar-refractivity contribution in [3.63, 3.8) is 0 Å². The second-order valence-electron chi connectivity index (χ2n) is 4.30. The van der Waals surface area contributed by atoms with Gasteiger partial charge in [0.1, 0.15) is 4.99 Å². The minimum atomic E-state index is 0.315. The molecule has 0 saturated heterocycles. The average molecular weight is 298 g/mol. The lowest BCUT2D eigenvalue weighted by atomic mass is 10.1. The Labute approximate surface area is 125 Å². The molecular weight excluding hydrogens is 276 g/mol. The van der Waals surface area contributed by atoms with E-state index in [1.54, 1.807) is 18.9 Å². The first-order chi connectivity index (χ1) is 9.10. The largest absolute Gasteiger partial charge is 0.389 e. The van der Waals surface area contributed by atoms with E-state index in [1.807, 2.05) is 12.1 Å². The quantitative estimate of drug-likeness (QED) is 0.570. The fourth-order valence-corrected chi connectivity index (χ4v) is 2.95. The molecule has 1 unspecified atom stereocenters. The summed E-state index contributed by atoms with van der Waals surface area (Å²) in [6, 6.07) is 6.44. The summed E-state index contributed by atoms with van der Waals surface area (Å²) in [5.41, 5.74) is 7.84. The van der Waals surface area contributed by atoms with Crippen LogP contribution in [0.15, 0.2) is 23.1 Å². The molecule has 0 aliphatic rings. The third kappa shape index (κ3) is 5.01. The minimum absolute atomic E-state index is 0.315. The summed E-state index contributed by atoms with van der Waals surface area (Å²) >= 11 is 6.95. The molecule has 0 spiro atoms. The Hall–Kier alpha value is -0.780. The van der Waals surface area contributed by atoms with Gasteiger partial charge in [-0.3, -0.25) is 0 Å². The molecule has 1 aromatic carbocycles. The number of nitrogens with two attached hydrogens (primary N) is 1. The summed E-state index contributed by atoms with van der Waals surface area (Å²) in [6.45, 7) is 4.98. The topological polar surface area (TPSA) is 47.3 Å². The molecule has 1 rings (SSSR count). The molecule has 0 saturated carbocycles. The zero-order valence-electron chi connectivity index (χ0n) is 11.7. The lowest BCUT2D eigenvalue weighted by molar-refractivity contribution is 0.191. The second-order valence-corrected chi connectivity index (χ2v) is 6.05. The summed E-state index contributed by atoms with van der Waals surface area (Å²) in [7, 11) is 1.71. The van der Waals surface area contributed by atoms with Crippen LogP contribution in [0.4, 0.5) is 5.69 Å². The van der Waals surface area contributed by atoms with Gasteiger partial charge in [0.25, 0.3) is 0 Å². The van der Waals surface area contributed by atoms with Gasteiger partial charge in [0.05, 0.1) is 0 Å². The predicted molar refractivity (Wildman–Crippen MR) is 88.3 cm³/mol. The first-order valence-electron chi connectivity index (χ1n) is 6.41. The Balaban J connectivity index is 2.93. The van der Waals surface area contributed by atoms with E-state index < -0.39 is 0 Å². The molecule has 0 heterocycles. The number of ether oxygens (including phenoxy) is 1. The fraction of sp³-hybridized carbons (Fsp3) is 0.500. The number of rotatable bonds is 8. The molecule has 1 aromatic rings. The van der Waals surface area contributed by atoms with Crippen molar-refractivity contribution in [2.45, 2.75) is 31.2 Å². The Morgan fingerprint density at radius 3 is 2.84 bits per heavy atom. The molecule has 0 amide bonds. The fourth-order valence-electron chi connectivity index (χ4n) is 1.81. The van der Waals surface area contributed by atoms with E-state index in [-0.39, 0.29) is 0 Å². The van der Waals surface area contributed by atoms with Crippen LogP contribution in [0.3, 0.4) is 0 Å². The van der Waals surface area contributed by atoms with E-state index in [1.165, 1.54) is 0 Å². The number of methoxy groups -OCH3 is 1. The summed E-state index contributed by atoms with van der Waals surface area (Å²) in [6.07, 6.45) is 0.943. The Bertz CT molecular complexity index is 424. The number of thioether (sulfide) groups is 1. The van der Waals surface area contributed by atoms with Crippen LogP contribution in [0, 0.1) is 0 Å². The molecule has 0 aliphatic heterocycles. The van der Waals surface area contributed by atoms with Gasteiger partial charge in [-0.25, -0.2) is 0 Å². The summed E-state index contributed by atoms with van der Waals surface area (Å²) in [4.78, 5) is 1.58. The molecule has 0 bridgehead atoms. The zero-order chi connectivity index (χ0) is 14.3. The third-order valence-corrected chi connectivity index (χ3v) is 3.87. The molecule has 19 heavy (non-hydrogen) atoms. The van der Waals surface area contributed by atoms with Crippen molar-refractivity contribution in [1.29, 1.82) is 0 Å². The van der Waals surface area contributed by atoms with E-state index in [0.717, 1.165) is 34.9 Å². The van der Waals surface area contributed by atoms with Crippen molar-refractivity contribution >= 4 is 34.7 Å². The monoisotopic (exact) mass is 298 g/mol. The first kappa shape index (κ1) is 16.3. The molecule has 0 radical (unpaired) electrons. The molecule has 3 N–H and O–H groups in total. The van der Waals surface area contributed by atoms with Gasteiger partial charge in [-0.1, -0.05) is 25.2 Å². The minimum Gasteiger partial charge on any atom is -0.389 e. The highest BCUT2D eigenvalue weighted by molar-refractivity contribution is 7.99. The van der Waals surface area contributed by atoms with Gasteiger partial charge in [0.15, 0.2) is 0 Å². The Morgan fingerprint density at radius 1 is 1.53 bits per heavy atom. The molecule has 1 atom stereocenters. The molecule has 3 nitrogen and oxygen atoms in total. The lowest BCUT2D eigenvalue weighted by Crippen LogP contribution is -2.21. The van der Waals surface area contributed by atoms with Crippen LogP contribution in [0.2, 0.25) is 0 Å². The lowest BCUT2D eigenvalue weighted by Gasteiger charge is -2.19. The maximum absolute atomic E-state index is 5.87. The van der Waals surface area contributed by atoms with Crippen molar-refractivity contribution in [1.82, 2.24) is 0 Å². The van der Waals surface area contributed by atoms with E-state index in [9.17, 15) is 0 Å². The van der Waals surface area contributed by atoms with Crippen molar-refractivity contribution in [2.24, 2.45) is 5.73 Å². The van der Waals surface area contributed by atoms with Crippen LogP contribution in [0.5, 0.6) is 0 Å². The number of thiocarbonyl (C=S) groups is 1. The Morgan fingerprint density at radius 2 is 2.26 bits per heavy atom. The molecule has 5 heteroatoms. The highest BCUT2D eigenvalue weighted by atomic mass is 32.2. The smallest absolute Gasteiger partial charge is 0.107 e. The summed E-state index contributed by atoms with van der Waals surface area (Å²) in [5, 5.41) is 3.46. The zero-order valence-corrected chi connectivity index (χ0v) is 13.4. The van der Waals surface area contributed by atoms with Gasteiger partial charge < -0.3 is 15.8 Å². The first-order valence-corrected chi connectivity index (χ1v) is 7.80. The van der Waals surface area contributed by atoms with Gasteiger partial charge in [-0.05, 0) is 31.2 Å². The van der Waals surface area contributed by atoms with Crippen LogP contribution in [0.1, 0.15) is 25.8 Å². The normalized spacial score (nSPS) is 12.2. The summed E-state index contributed by atoms with van der Waals surface area (Å²) < 4.78 is 5.10. The van der Waals surface area contributed by atoms with Crippen LogP contribution < -0.4 is 11.1 Å². The number of nitrogens with one attached hydrogen (secondary N) is 1. The van der Waals surface area contributed by atoms with Crippen molar-refractivity contribution in [2.75, 3.05) is 24.8 Å². The predicted octanol–water partition coefficient (Wildman–Crippen LogP) is 3.27. The molecule has 0 aliphatic carbocycles. The molecule has 0 aromatic heterocycles. The van der Waals surface area contributed by atoms with Crippen molar-refractivity contribution in [3.8, 4) is 0 Å². The maximum atomic E-state index is 5.87. The molecular formula is C14H22N2OS2. The van der Waals surface area contributed by atoms with Crippen LogP contribution in [-0.4, -0.2) is 30.5 Å². The summed E-state index contributed by atoms with van der Waals surface area (Å²) in [5.74, 6) is 0.998. The number of hydrogen-bond acceptors (Lipinski definition) is 4. The highest BCUT2D eigenvalue weighted by Gasteiger charge is 2.12. The van der Waals surface area contributed by atoms with Gasteiger partial charge in [0.2, 0.25) is 0 Å². The number of benzene rings is 1. The van der Waals surface area contributed by atoms with Gasteiger partial charge in [-0.2, -0.15) is 0 Å². The third-order valence-electron chi connectivity index (χ3n) is 2.73. The van der Waals surface area contributed by atoms with E-state index in [4.69, 9.17) is 22.7 Å². The second kappa shape index (κ2) is 8.40. The van der Waals surface area contributed by atoms with E-state index in [0.29, 0.717) is 11.0 Å². The van der Waals surface area contributed by atoms with Crippen LogP contribution >= 0.6 is 24.0 Å². The van der Waals surface area contributed by atoms with Crippen molar-refractivity contribution < 1.29 is 4.74 Å². The molecule has 106 valence electrons. The van der Waals surface area contributed by atoms with Gasteiger partial charge in [0, 0.05) is 35.9 Å². The Kier molecular flexibility index (Phi) is 7.20. The number of hydrogen-bond donors (Lipinski definition) is 2. The highest BCUT2D eigenvalue weighted by Crippen LogP contribution is 2.29. The van der Waals surface area contributed by atoms with Crippen LogP contribution in [0.25, 0.3) is 0 Å². The van der Waals surface area contributed by atoms with Gasteiger partial charge in [-0.15, -0.1) is 11.8 Å². The molecule has 0 fully saturated rings. The van der Waals surface area contributed by atoms with Gasteiger partial charge >= 0.3 is 0 Å². The SMILES string of the molecule is CCSc1cccc(NC(C)CCOC)c1C(N)=S. The number of anilines is 1. The van der Waals surface area contributed by atoms with Crippen LogP contribution in [-0.2, 0) is 4.74 Å². The standard InChI is InChI=1S/C14H22N2OS2/c1-4-19-12-7-5-6-11(13(12)14(15)18)16-10(2)8-9-17-3/h5-7,10,16H,4,8-9H2,1-3H3,(H2,15,18). The van der Waals surface area contributed by atoms with Crippen molar-refractivity contribution in [3.05, 3.63) is 23.8 Å². The average Bonchev–Trinajstić information content (AvgIpc) is 2.36. The maximum Gasteiger partial charge on any atom is 0.107 e.